The highest BCUT2D eigenvalue weighted by Gasteiger charge is 2.21. The number of hydrogen-bond acceptors (Lipinski definition) is 3. The molecule has 0 saturated heterocycles. The van der Waals surface area contributed by atoms with Crippen LogP contribution >= 0.6 is 0 Å². The molecule has 350 valence electrons. The van der Waals surface area contributed by atoms with Gasteiger partial charge in [-0.15, -0.1) is 0 Å². The molecule has 0 N–H and O–H groups in total. The lowest BCUT2D eigenvalue weighted by Gasteiger charge is -2.17. The second kappa shape index (κ2) is 17.3. The maximum Gasteiger partial charge on any atom is 0.164 e. The number of aromatic nitrogens is 6. The zero-order valence-electron chi connectivity index (χ0n) is 40.6. The zero-order valence-corrected chi connectivity index (χ0v) is 40.6. The molecule has 0 saturated carbocycles. The minimum Gasteiger partial charge on any atom is -0.309 e. The minimum absolute atomic E-state index is 0.627. The van der Waals surface area contributed by atoms with Crippen molar-refractivity contribution in [2.45, 2.75) is 0 Å². The topological polar surface area (TPSA) is 53.5 Å². The van der Waals surface area contributed by atoms with Gasteiger partial charge in [0.05, 0.1) is 38.8 Å². The van der Waals surface area contributed by atoms with Crippen molar-refractivity contribution in [3.63, 3.8) is 0 Å². The van der Waals surface area contributed by atoms with Gasteiger partial charge in [-0.25, -0.2) is 15.0 Å². The van der Waals surface area contributed by atoms with Crippen molar-refractivity contribution >= 4 is 65.4 Å². The van der Waals surface area contributed by atoms with Crippen molar-refractivity contribution in [1.82, 2.24) is 28.7 Å². The second-order valence-corrected chi connectivity index (χ2v) is 19.2. The number of fused-ring (bicyclic) bond motifs is 9. The Hall–Kier alpha value is -10.2. The van der Waals surface area contributed by atoms with E-state index in [1.807, 2.05) is 60.7 Å². The standard InChI is InChI=1S/C69H44N6/c1-4-18-46(19-5-1)67-70-68(47-20-6-2-7-21-47)72-69(71-67)48-34-32-45(33-35-48)49-36-39-53(65(43-49)75-62-30-16-12-26-56(62)57-27-13-17-31-63(57)75)50-37-41-64-59(42-50)58-40-38-52(44-66(58)73(64)51-22-8-3-9-23-51)74-60-28-14-10-24-54(60)55-25-11-15-29-61(55)74/h1-44H. The fraction of sp³-hybridized carbons (Fsp3) is 0. The fourth-order valence-corrected chi connectivity index (χ4v) is 11.4. The number of hydrogen-bond donors (Lipinski definition) is 0. The Morgan fingerprint density at radius 3 is 1.16 bits per heavy atom. The van der Waals surface area contributed by atoms with Crippen LogP contribution in [0, 0.1) is 0 Å². The van der Waals surface area contributed by atoms with Crippen molar-refractivity contribution in [1.29, 1.82) is 0 Å². The molecule has 6 heteroatoms. The van der Waals surface area contributed by atoms with Crippen molar-refractivity contribution < 1.29 is 0 Å². The molecule has 0 fully saturated rings. The molecular formula is C69H44N6. The summed E-state index contributed by atoms with van der Waals surface area (Å²) in [6.45, 7) is 0. The van der Waals surface area contributed by atoms with Crippen molar-refractivity contribution in [3.8, 4) is 73.5 Å². The van der Waals surface area contributed by atoms with E-state index in [0.717, 1.165) is 78.1 Å². The van der Waals surface area contributed by atoms with Crippen LogP contribution in [0.1, 0.15) is 0 Å². The van der Waals surface area contributed by atoms with E-state index in [1.165, 1.54) is 43.4 Å². The van der Waals surface area contributed by atoms with Crippen LogP contribution in [0.15, 0.2) is 267 Å². The summed E-state index contributed by atoms with van der Waals surface area (Å²) in [5.41, 5.74) is 17.6. The van der Waals surface area contributed by atoms with Gasteiger partial charge in [0.25, 0.3) is 0 Å². The zero-order chi connectivity index (χ0) is 49.4. The molecule has 11 aromatic carbocycles. The third kappa shape index (κ3) is 6.99. The maximum atomic E-state index is 5.02. The van der Waals surface area contributed by atoms with Gasteiger partial charge in [0.2, 0.25) is 0 Å². The SMILES string of the molecule is c1ccc(-c2nc(-c3ccccc3)nc(-c3ccc(-c4ccc(-c5ccc6c(c5)c5ccc(-n7c8ccccc8c8ccccc87)cc5n6-c5ccccc5)c(-n5c6ccccc6c6ccccc65)c4)cc3)n2)cc1. The minimum atomic E-state index is 0.627. The van der Waals surface area contributed by atoms with Crippen LogP contribution in [0.5, 0.6) is 0 Å². The summed E-state index contributed by atoms with van der Waals surface area (Å²) in [5, 5.41) is 7.32. The Bertz CT molecular complexity index is 4520. The monoisotopic (exact) mass is 956 g/mol. The third-order valence-corrected chi connectivity index (χ3v) is 14.9. The smallest absolute Gasteiger partial charge is 0.164 e. The van der Waals surface area contributed by atoms with Gasteiger partial charge >= 0.3 is 0 Å². The maximum absolute atomic E-state index is 5.02. The van der Waals surface area contributed by atoms with E-state index in [0.29, 0.717) is 17.5 Å². The molecule has 15 rings (SSSR count). The molecule has 75 heavy (non-hydrogen) atoms. The first kappa shape index (κ1) is 42.5. The normalized spacial score (nSPS) is 11.7. The van der Waals surface area contributed by atoms with Crippen LogP contribution in [0.2, 0.25) is 0 Å². The summed E-state index contributed by atoms with van der Waals surface area (Å²) in [7, 11) is 0. The van der Waals surface area contributed by atoms with Crippen LogP contribution in [0.3, 0.4) is 0 Å². The molecule has 0 bridgehead atoms. The highest BCUT2D eigenvalue weighted by atomic mass is 15.0. The molecule has 0 radical (unpaired) electrons. The molecule has 4 heterocycles. The Balaban J connectivity index is 0.903. The molecule has 0 aliphatic rings. The molecule has 6 nitrogen and oxygen atoms in total. The molecule has 0 atom stereocenters. The quantitative estimate of drug-likeness (QED) is 0.152. The number of nitrogens with zero attached hydrogens (tertiary/aromatic N) is 6. The first-order valence-corrected chi connectivity index (χ1v) is 25.4. The van der Waals surface area contributed by atoms with E-state index in [4.69, 9.17) is 15.0 Å². The van der Waals surface area contributed by atoms with Crippen LogP contribution in [0.4, 0.5) is 0 Å². The van der Waals surface area contributed by atoms with Gasteiger partial charge in [0.1, 0.15) is 0 Å². The predicted molar refractivity (Wildman–Crippen MR) is 310 cm³/mol. The predicted octanol–water partition coefficient (Wildman–Crippen LogP) is 17.5. The molecule has 0 spiro atoms. The van der Waals surface area contributed by atoms with Gasteiger partial charge in [-0.2, -0.15) is 0 Å². The fourth-order valence-electron chi connectivity index (χ4n) is 11.4. The summed E-state index contributed by atoms with van der Waals surface area (Å²) in [4.78, 5) is 15.0. The van der Waals surface area contributed by atoms with E-state index in [-0.39, 0.29) is 0 Å². The van der Waals surface area contributed by atoms with Gasteiger partial charge in [-0.1, -0.05) is 200 Å². The lowest BCUT2D eigenvalue weighted by Crippen LogP contribution is -2.00. The van der Waals surface area contributed by atoms with E-state index in [1.54, 1.807) is 0 Å². The van der Waals surface area contributed by atoms with Gasteiger partial charge in [-0.3, -0.25) is 0 Å². The Morgan fingerprint density at radius 1 is 0.213 bits per heavy atom. The van der Waals surface area contributed by atoms with Crippen molar-refractivity contribution in [2.24, 2.45) is 0 Å². The number of rotatable bonds is 8. The largest absolute Gasteiger partial charge is 0.309 e. The first-order valence-electron chi connectivity index (χ1n) is 25.4. The molecule has 0 amide bonds. The highest BCUT2D eigenvalue weighted by molar-refractivity contribution is 6.14. The summed E-state index contributed by atoms with van der Waals surface area (Å²) in [6, 6.07) is 95.6. The van der Waals surface area contributed by atoms with E-state index < -0.39 is 0 Å². The summed E-state index contributed by atoms with van der Waals surface area (Å²) in [6.07, 6.45) is 0. The molecule has 15 aromatic rings. The van der Waals surface area contributed by atoms with E-state index in [2.05, 4.69) is 220 Å². The van der Waals surface area contributed by atoms with Crippen LogP contribution in [-0.4, -0.2) is 28.7 Å². The summed E-state index contributed by atoms with van der Waals surface area (Å²) >= 11 is 0. The van der Waals surface area contributed by atoms with Crippen LogP contribution < -0.4 is 0 Å². The molecule has 0 aliphatic heterocycles. The van der Waals surface area contributed by atoms with Crippen molar-refractivity contribution in [3.05, 3.63) is 267 Å². The lowest BCUT2D eigenvalue weighted by molar-refractivity contribution is 1.07. The number of para-hydroxylation sites is 5. The molecule has 4 aromatic heterocycles. The third-order valence-electron chi connectivity index (χ3n) is 14.9. The Kier molecular flexibility index (Phi) is 9.78. The molecule has 0 unspecified atom stereocenters. The molecule has 0 aliphatic carbocycles. The number of benzene rings is 11. The van der Waals surface area contributed by atoms with E-state index >= 15 is 0 Å². The van der Waals surface area contributed by atoms with E-state index in [9.17, 15) is 0 Å². The second-order valence-electron chi connectivity index (χ2n) is 19.2. The highest BCUT2D eigenvalue weighted by Crippen LogP contribution is 2.42. The van der Waals surface area contributed by atoms with Gasteiger partial charge < -0.3 is 13.7 Å². The van der Waals surface area contributed by atoms with Gasteiger partial charge in [0.15, 0.2) is 17.5 Å². The first-order chi connectivity index (χ1) is 37.2. The Morgan fingerprint density at radius 2 is 0.613 bits per heavy atom. The average molecular weight is 957 g/mol. The summed E-state index contributed by atoms with van der Waals surface area (Å²) in [5.74, 6) is 1.91. The van der Waals surface area contributed by atoms with Gasteiger partial charge in [0, 0.05) is 65.9 Å². The molecular weight excluding hydrogens is 913 g/mol. The van der Waals surface area contributed by atoms with Crippen LogP contribution in [0.25, 0.3) is 139 Å². The summed E-state index contributed by atoms with van der Waals surface area (Å²) < 4.78 is 7.29. The van der Waals surface area contributed by atoms with Gasteiger partial charge in [-0.05, 0) is 83.4 Å². The lowest BCUT2D eigenvalue weighted by atomic mass is 9.96. The Labute approximate surface area is 432 Å². The van der Waals surface area contributed by atoms with Crippen LogP contribution in [-0.2, 0) is 0 Å². The average Bonchev–Trinajstić information content (AvgIpc) is 4.13. The van der Waals surface area contributed by atoms with Crippen molar-refractivity contribution in [2.75, 3.05) is 0 Å².